The van der Waals surface area contributed by atoms with Crippen molar-refractivity contribution in [3.8, 4) is 5.75 Å². The predicted octanol–water partition coefficient (Wildman–Crippen LogP) is 2.21. The molecular weight excluding hydrogens is 260 g/mol. The molecule has 1 aromatic carbocycles. The standard InChI is InChI=1S/C13H16N4O3/c1-16-10-12(17(18)19)13(15-16)14-8-5-9-20-11-6-3-2-4-7-11/h2-4,6-7,10H,5,8-9H2,1H3,(H,14,15). The first-order chi connectivity index (χ1) is 9.66. The fourth-order valence-electron chi connectivity index (χ4n) is 1.72. The fraction of sp³-hybridized carbons (Fsp3) is 0.308. The van der Waals surface area contributed by atoms with Crippen LogP contribution in [0, 0.1) is 10.1 Å². The number of aryl methyl sites for hydroxylation is 1. The number of para-hydroxylation sites is 1. The van der Waals surface area contributed by atoms with Gasteiger partial charge in [0.25, 0.3) is 0 Å². The van der Waals surface area contributed by atoms with Gasteiger partial charge in [0, 0.05) is 13.6 Å². The Balaban J connectivity index is 1.75. The minimum absolute atomic E-state index is 0.0172. The van der Waals surface area contributed by atoms with Crippen LogP contribution in [0.5, 0.6) is 5.75 Å². The monoisotopic (exact) mass is 276 g/mol. The zero-order valence-corrected chi connectivity index (χ0v) is 11.2. The van der Waals surface area contributed by atoms with Gasteiger partial charge in [-0.25, -0.2) is 0 Å². The normalized spacial score (nSPS) is 10.2. The second-order valence-electron chi connectivity index (χ2n) is 4.24. The topological polar surface area (TPSA) is 82.2 Å². The first kappa shape index (κ1) is 13.9. The van der Waals surface area contributed by atoms with Crippen molar-refractivity contribution in [1.82, 2.24) is 9.78 Å². The molecule has 2 aromatic rings. The van der Waals surface area contributed by atoms with E-state index in [4.69, 9.17) is 4.74 Å². The van der Waals surface area contributed by atoms with Gasteiger partial charge in [-0.1, -0.05) is 18.2 Å². The van der Waals surface area contributed by atoms with Crippen LogP contribution in [0.3, 0.4) is 0 Å². The number of nitrogens with zero attached hydrogens (tertiary/aromatic N) is 3. The molecule has 0 amide bonds. The van der Waals surface area contributed by atoms with Gasteiger partial charge in [-0.3, -0.25) is 14.8 Å². The van der Waals surface area contributed by atoms with Crippen molar-refractivity contribution in [2.24, 2.45) is 7.05 Å². The highest BCUT2D eigenvalue weighted by molar-refractivity contribution is 5.54. The Morgan fingerprint density at radius 3 is 2.85 bits per heavy atom. The van der Waals surface area contributed by atoms with Crippen molar-refractivity contribution in [2.45, 2.75) is 6.42 Å². The first-order valence-corrected chi connectivity index (χ1v) is 6.26. The van der Waals surface area contributed by atoms with Crippen LogP contribution >= 0.6 is 0 Å². The summed E-state index contributed by atoms with van der Waals surface area (Å²) < 4.78 is 6.94. The molecule has 2 rings (SSSR count). The quantitative estimate of drug-likeness (QED) is 0.476. The molecule has 1 aromatic heterocycles. The summed E-state index contributed by atoms with van der Waals surface area (Å²) in [6, 6.07) is 9.51. The average molecular weight is 276 g/mol. The van der Waals surface area contributed by atoms with Crippen molar-refractivity contribution in [1.29, 1.82) is 0 Å². The maximum atomic E-state index is 10.8. The summed E-state index contributed by atoms with van der Waals surface area (Å²) in [6.07, 6.45) is 2.10. The van der Waals surface area contributed by atoms with Gasteiger partial charge < -0.3 is 10.1 Å². The summed E-state index contributed by atoms with van der Waals surface area (Å²) in [7, 11) is 1.65. The van der Waals surface area contributed by atoms with Crippen molar-refractivity contribution in [2.75, 3.05) is 18.5 Å². The molecule has 20 heavy (non-hydrogen) atoms. The number of ether oxygens (including phenoxy) is 1. The molecule has 0 spiro atoms. The van der Waals surface area contributed by atoms with Gasteiger partial charge in [0.05, 0.1) is 11.5 Å². The summed E-state index contributed by atoms with van der Waals surface area (Å²) in [5.41, 5.74) is -0.0172. The predicted molar refractivity (Wildman–Crippen MR) is 74.9 cm³/mol. The number of benzene rings is 1. The van der Waals surface area contributed by atoms with Gasteiger partial charge in [-0.2, -0.15) is 0 Å². The summed E-state index contributed by atoms with van der Waals surface area (Å²) in [4.78, 5) is 10.3. The lowest BCUT2D eigenvalue weighted by Crippen LogP contribution is -2.08. The van der Waals surface area contributed by atoms with E-state index in [2.05, 4.69) is 10.4 Å². The van der Waals surface area contributed by atoms with E-state index in [0.29, 0.717) is 13.2 Å². The van der Waals surface area contributed by atoms with Gasteiger partial charge in [-0.15, -0.1) is 5.10 Å². The second-order valence-corrected chi connectivity index (χ2v) is 4.24. The minimum Gasteiger partial charge on any atom is -0.494 e. The van der Waals surface area contributed by atoms with Crippen LogP contribution in [-0.2, 0) is 7.05 Å². The Bertz CT molecular complexity index is 568. The number of hydrogen-bond acceptors (Lipinski definition) is 5. The molecule has 0 unspecified atom stereocenters. The van der Waals surface area contributed by atoms with Crippen molar-refractivity contribution >= 4 is 11.5 Å². The van der Waals surface area contributed by atoms with Crippen LogP contribution in [-0.4, -0.2) is 27.9 Å². The number of nitrogens with one attached hydrogen (secondary N) is 1. The van der Waals surface area contributed by atoms with E-state index in [1.807, 2.05) is 30.3 Å². The van der Waals surface area contributed by atoms with Crippen LogP contribution in [0.25, 0.3) is 0 Å². The number of aromatic nitrogens is 2. The summed E-state index contributed by atoms with van der Waals surface area (Å²) in [6.45, 7) is 1.10. The molecule has 1 heterocycles. The van der Waals surface area contributed by atoms with Crippen LogP contribution in [0.2, 0.25) is 0 Å². The third kappa shape index (κ3) is 3.71. The smallest absolute Gasteiger partial charge is 0.330 e. The van der Waals surface area contributed by atoms with Crippen LogP contribution in [0.4, 0.5) is 11.5 Å². The summed E-state index contributed by atoms with van der Waals surface area (Å²) in [5, 5.41) is 17.8. The second kappa shape index (κ2) is 6.55. The molecule has 1 N–H and O–H groups in total. The lowest BCUT2D eigenvalue weighted by molar-refractivity contribution is -0.384. The maximum Gasteiger partial charge on any atom is 0.330 e. The van der Waals surface area contributed by atoms with Gasteiger partial charge in [-0.05, 0) is 18.6 Å². The fourth-order valence-corrected chi connectivity index (χ4v) is 1.72. The van der Waals surface area contributed by atoms with Gasteiger partial charge in [0.2, 0.25) is 5.82 Å². The third-order valence-electron chi connectivity index (χ3n) is 2.63. The number of rotatable bonds is 7. The lowest BCUT2D eigenvalue weighted by atomic mass is 10.3. The van der Waals surface area contributed by atoms with Gasteiger partial charge >= 0.3 is 5.69 Å². The minimum atomic E-state index is -0.449. The molecule has 0 bridgehead atoms. The van der Waals surface area contributed by atoms with Gasteiger partial charge in [0.1, 0.15) is 11.9 Å². The van der Waals surface area contributed by atoms with Crippen molar-refractivity contribution < 1.29 is 9.66 Å². The Kier molecular flexibility index (Phi) is 4.54. The number of hydrogen-bond donors (Lipinski definition) is 1. The van der Waals surface area contributed by atoms with Crippen molar-refractivity contribution in [3.63, 3.8) is 0 Å². The molecule has 0 saturated heterocycles. The largest absolute Gasteiger partial charge is 0.494 e. The number of anilines is 1. The van der Waals surface area contributed by atoms with Crippen LogP contribution < -0.4 is 10.1 Å². The third-order valence-corrected chi connectivity index (χ3v) is 2.63. The molecule has 0 atom stereocenters. The lowest BCUT2D eigenvalue weighted by Gasteiger charge is -2.06. The first-order valence-electron chi connectivity index (χ1n) is 6.26. The van der Waals surface area contributed by atoms with E-state index in [-0.39, 0.29) is 11.5 Å². The van der Waals surface area contributed by atoms with Crippen LogP contribution in [0.15, 0.2) is 36.5 Å². The Hall–Kier alpha value is -2.57. The van der Waals surface area contributed by atoms with E-state index in [9.17, 15) is 10.1 Å². The SMILES string of the molecule is Cn1cc([N+](=O)[O-])c(NCCCOc2ccccc2)n1. The highest BCUT2D eigenvalue weighted by atomic mass is 16.6. The average Bonchev–Trinajstić information content (AvgIpc) is 2.81. The molecule has 0 aliphatic heterocycles. The van der Waals surface area contributed by atoms with Crippen molar-refractivity contribution in [3.05, 3.63) is 46.6 Å². The molecule has 0 radical (unpaired) electrons. The van der Waals surface area contributed by atoms with E-state index < -0.39 is 4.92 Å². The summed E-state index contributed by atoms with van der Waals surface area (Å²) >= 11 is 0. The Morgan fingerprint density at radius 1 is 1.40 bits per heavy atom. The van der Waals surface area contributed by atoms with E-state index in [1.165, 1.54) is 10.9 Å². The molecular formula is C13H16N4O3. The zero-order chi connectivity index (χ0) is 14.4. The van der Waals surface area contributed by atoms with E-state index >= 15 is 0 Å². The van der Waals surface area contributed by atoms with Gasteiger partial charge in [0.15, 0.2) is 0 Å². The Morgan fingerprint density at radius 2 is 2.15 bits per heavy atom. The highest BCUT2D eigenvalue weighted by Crippen LogP contribution is 2.21. The molecule has 106 valence electrons. The molecule has 0 fully saturated rings. The molecule has 0 aliphatic carbocycles. The molecule has 7 nitrogen and oxygen atoms in total. The Labute approximate surface area is 116 Å². The maximum absolute atomic E-state index is 10.8. The molecule has 0 saturated carbocycles. The highest BCUT2D eigenvalue weighted by Gasteiger charge is 2.17. The van der Waals surface area contributed by atoms with E-state index in [1.54, 1.807) is 7.05 Å². The molecule has 0 aliphatic rings. The van der Waals surface area contributed by atoms with E-state index in [0.717, 1.165) is 12.2 Å². The zero-order valence-electron chi connectivity index (χ0n) is 11.2. The van der Waals surface area contributed by atoms with Crippen LogP contribution in [0.1, 0.15) is 6.42 Å². The summed E-state index contributed by atoms with van der Waals surface area (Å²) in [5.74, 6) is 1.11. The number of nitro groups is 1. The molecule has 7 heteroatoms.